The average Bonchev–Trinajstić information content (AvgIpc) is 2.70. The van der Waals surface area contributed by atoms with Gasteiger partial charge in [0.25, 0.3) is 0 Å². The lowest BCUT2D eigenvalue weighted by atomic mass is 9.71. The number of nitrogens with one attached hydrogen (secondary N) is 1. The molecule has 0 aliphatic heterocycles. The van der Waals surface area contributed by atoms with Crippen molar-refractivity contribution in [2.75, 3.05) is 5.32 Å². The molecule has 0 spiro atoms. The van der Waals surface area contributed by atoms with Crippen LogP contribution in [0.15, 0.2) is 30.4 Å². The van der Waals surface area contributed by atoms with Gasteiger partial charge in [0.15, 0.2) is 11.6 Å². The van der Waals surface area contributed by atoms with E-state index in [2.05, 4.69) is 22.2 Å². The van der Waals surface area contributed by atoms with Crippen molar-refractivity contribution in [1.29, 1.82) is 0 Å². The maximum Gasteiger partial charge on any atom is 0.387 e. The van der Waals surface area contributed by atoms with E-state index in [4.69, 9.17) is 0 Å². The topological polar surface area (TPSA) is 21.3 Å². The van der Waals surface area contributed by atoms with E-state index >= 15 is 0 Å². The number of anilines is 1. The van der Waals surface area contributed by atoms with Gasteiger partial charge in [0.2, 0.25) is 0 Å². The molecular weight excluding hydrogens is 255 g/mol. The Kier molecular flexibility index (Phi) is 3.12. The van der Waals surface area contributed by atoms with E-state index in [0.29, 0.717) is 23.6 Å². The summed E-state index contributed by atoms with van der Waals surface area (Å²) in [5, 5.41) is 3.24. The van der Waals surface area contributed by atoms with E-state index in [1.165, 1.54) is 12.1 Å². The average molecular weight is 269 g/mol. The van der Waals surface area contributed by atoms with Crippen molar-refractivity contribution in [3.8, 4) is 5.75 Å². The molecule has 1 fully saturated rings. The highest BCUT2D eigenvalue weighted by Crippen LogP contribution is 2.44. The van der Waals surface area contributed by atoms with E-state index in [0.717, 1.165) is 12.8 Å². The Morgan fingerprint density at radius 2 is 2.16 bits per heavy atom. The SMILES string of the molecule is Fc1cc(NC2CC3CC=CC32)ccc1OC(F)F. The Morgan fingerprint density at radius 1 is 1.32 bits per heavy atom. The molecule has 0 heterocycles. The molecule has 1 N–H and O–H groups in total. The molecule has 1 aromatic rings. The van der Waals surface area contributed by atoms with E-state index < -0.39 is 18.2 Å². The van der Waals surface area contributed by atoms with Crippen LogP contribution in [0.5, 0.6) is 5.75 Å². The monoisotopic (exact) mass is 269 g/mol. The fourth-order valence-electron chi connectivity index (χ4n) is 2.88. The van der Waals surface area contributed by atoms with Crippen molar-refractivity contribution in [2.24, 2.45) is 11.8 Å². The second-order valence-corrected chi connectivity index (χ2v) is 5.01. The third-order valence-corrected chi connectivity index (χ3v) is 3.86. The first-order chi connectivity index (χ1) is 9.13. The molecule has 19 heavy (non-hydrogen) atoms. The van der Waals surface area contributed by atoms with Gasteiger partial charge in [-0.3, -0.25) is 0 Å². The summed E-state index contributed by atoms with van der Waals surface area (Å²) in [6.07, 6.45) is 6.56. The zero-order chi connectivity index (χ0) is 13.4. The van der Waals surface area contributed by atoms with Gasteiger partial charge < -0.3 is 10.1 Å². The van der Waals surface area contributed by atoms with E-state index in [1.807, 2.05) is 0 Å². The minimum Gasteiger partial charge on any atom is -0.432 e. The number of hydrogen-bond acceptors (Lipinski definition) is 2. The smallest absolute Gasteiger partial charge is 0.387 e. The van der Waals surface area contributed by atoms with Gasteiger partial charge in [0, 0.05) is 23.7 Å². The third kappa shape index (κ3) is 2.41. The van der Waals surface area contributed by atoms with Crippen molar-refractivity contribution in [3.63, 3.8) is 0 Å². The first kappa shape index (κ1) is 12.4. The number of halogens is 3. The summed E-state index contributed by atoms with van der Waals surface area (Å²) in [7, 11) is 0. The summed E-state index contributed by atoms with van der Waals surface area (Å²) < 4.78 is 41.6. The zero-order valence-corrected chi connectivity index (χ0v) is 10.2. The van der Waals surface area contributed by atoms with Crippen LogP contribution in [-0.2, 0) is 0 Å². The van der Waals surface area contributed by atoms with Gasteiger partial charge >= 0.3 is 6.61 Å². The molecule has 0 bridgehead atoms. The molecule has 2 aliphatic rings. The molecule has 1 saturated carbocycles. The molecule has 1 aromatic carbocycles. The normalized spacial score (nSPS) is 28.1. The van der Waals surface area contributed by atoms with Gasteiger partial charge in [-0.05, 0) is 30.9 Å². The Labute approximate surface area is 109 Å². The molecule has 3 atom stereocenters. The molecule has 102 valence electrons. The molecule has 3 unspecified atom stereocenters. The second kappa shape index (κ2) is 4.79. The minimum atomic E-state index is -3.01. The van der Waals surface area contributed by atoms with Gasteiger partial charge in [-0.15, -0.1) is 0 Å². The first-order valence-electron chi connectivity index (χ1n) is 6.31. The number of benzene rings is 1. The van der Waals surface area contributed by atoms with Crippen LogP contribution in [0.25, 0.3) is 0 Å². The number of fused-ring (bicyclic) bond motifs is 1. The molecule has 5 heteroatoms. The summed E-state index contributed by atoms with van der Waals surface area (Å²) in [5.74, 6) is 0.0276. The Morgan fingerprint density at radius 3 is 2.84 bits per heavy atom. The number of allylic oxidation sites excluding steroid dienone is 1. The zero-order valence-electron chi connectivity index (χ0n) is 10.2. The van der Waals surface area contributed by atoms with Crippen LogP contribution in [0.3, 0.4) is 0 Å². The Balaban J connectivity index is 1.65. The van der Waals surface area contributed by atoms with Crippen molar-refractivity contribution < 1.29 is 17.9 Å². The van der Waals surface area contributed by atoms with Gasteiger partial charge in [-0.1, -0.05) is 12.2 Å². The number of alkyl halides is 2. The number of ether oxygens (including phenoxy) is 1. The lowest BCUT2D eigenvalue weighted by molar-refractivity contribution is -0.0521. The fraction of sp³-hybridized carbons (Fsp3) is 0.429. The van der Waals surface area contributed by atoms with Gasteiger partial charge in [0.05, 0.1) is 0 Å². The largest absolute Gasteiger partial charge is 0.432 e. The predicted molar refractivity (Wildman–Crippen MR) is 65.8 cm³/mol. The van der Waals surface area contributed by atoms with Crippen LogP contribution in [0.4, 0.5) is 18.9 Å². The highest BCUT2D eigenvalue weighted by molar-refractivity contribution is 5.49. The molecule has 2 aliphatic carbocycles. The van der Waals surface area contributed by atoms with Gasteiger partial charge in [0.1, 0.15) is 0 Å². The van der Waals surface area contributed by atoms with Crippen LogP contribution in [-0.4, -0.2) is 12.7 Å². The maximum atomic E-state index is 13.5. The Hall–Kier alpha value is -1.65. The summed E-state index contributed by atoms with van der Waals surface area (Å²) in [5.41, 5.74) is 0.600. The molecule has 0 radical (unpaired) electrons. The standard InChI is InChI=1S/C14H14F3NO/c15-11-7-9(4-5-13(11)19-14(16)17)18-12-6-8-2-1-3-10(8)12/h1,3-5,7-8,10,12,14,18H,2,6H2. The summed E-state index contributed by atoms with van der Waals surface area (Å²) in [6, 6.07) is 4.30. The molecule has 0 aromatic heterocycles. The fourth-order valence-corrected chi connectivity index (χ4v) is 2.88. The molecule has 3 rings (SSSR count). The highest BCUT2D eigenvalue weighted by Gasteiger charge is 2.40. The Bertz CT molecular complexity index is 503. The van der Waals surface area contributed by atoms with Crippen molar-refractivity contribution in [2.45, 2.75) is 25.5 Å². The van der Waals surface area contributed by atoms with Gasteiger partial charge in [-0.25, -0.2) is 4.39 Å². The van der Waals surface area contributed by atoms with Crippen LogP contribution >= 0.6 is 0 Å². The van der Waals surface area contributed by atoms with E-state index in [9.17, 15) is 13.2 Å². The van der Waals surface area contributed by atoms with Crippen molar-refractivity contribution >= 4 is 5.69 Å². The summed E-state index contributed by atoms with van der Waals surface area (Å²) >= 11 is 0. The number of hydrogen-bond donors (Lipinski definition) is 1. The van der Waals surface area contributed by atoms with E-state index in [1.54, 1.807) is 6.07 Å². The number of rotatable bonds is 4. The molecule has 0 saturated heterocycles. The van der Waals surface area contributed by atoms with Crippen molar-refractivity contribution in [1.82, 2.24) is 0 Å². The summed E-state index contributed by atoms with van der Waals surface area (Å²) in [4.78, 5) is 0. The first-order valence-corrected chi connectivity index (χ1v) is 6.31. The summed E-state index contributed by atoms with van der Waals surface area (Å²) in [6.45, 7) is -3.01. The van der Waals surface area contributed by atoms with Crippen LogP contribution in [0.2, 0.25) is 0 Å². The lowest BCUT2D eigenvalue weighted by Gasteiger charge is -2.41. The van der Waals surface area contributed by atoms with E-state index in [-0.39, 0.29) is 0 Å². The quantitative estimate of drug-likeness (QED) is 0.839. The van der Waals surface area contributed by atoms with Crippen molar-refractivity contribution in [3.05, 3.63) is 36.2 Å². The lowest BCUT2D eigenvalue weighted by Crippen LogP contribution is -2.43. The molecule has 0 amide bonds. The minimum absolute atomic E-state index is 0.310. The molecule has 2 nitrogen and oxygen atoms in total. The predicted octanol–water partition coefficient (Wildman–Crippen LogP) is 3.80. The van der Waals surface area contributed by atoms with Crippen LogP contribution in [0.1, 0.15) is 12.8 Å². The molecular formula is C14H14F3NO. The highest BCUT2D eigenvalue weighted by atomic mass is 19.3. The van der Waals surface area contributed by atoms with Gasteiger partial charge in [-0.2, -0.15) is 8.78 Å². The van der Waals surface area contributed by atoms with Crippen LogP contribution < -0.4 is 10.1 Å². The second-order valence-electron chi connectivity index (χ2n) is 5.01. The maximum absolute atomic E-state index is 13.5. The third-order valence-electron chi connectivity index (χ3n) is 3.86. The van der Waals surface area contributed by atoms with Crippen LogP contribution in [0, 0.1) is 17.7 Å².